The number of hydrogen-bond donors (Lipinski definition) is 4. The molecule has 0 heterocycles. The summed E-state index contributed by atoms with van der Waals surface area (Å²) < 4.78 is 0. The minimum atomic E-state index is 0. The van der Waals surface area contributed by atoms with Gasteiger partial charge in [0.1, 0.15) is 0 Å². The molecule has 9 heteroatoms. The smallest absolute Gasteiger partial charge is 0 e. The predicted molar refractivity (Wildman–Crippen MR) is 33.3 cm³/mol. The molecule has 0 spiro atoms. The summed E-state index contributed by atoms with van der Waals surface area (Å²) in [5, 5.41) is 27.1. The van der Waals surface area contributed by atoms with E-state index < -0.39 is 0 Å². The van der Waals surface area contributed by atoms with Crippen molar-refractivity contribution < 1.29 is 59.1 Å². The van der Waals surface area contributed by atoms with Crippen molar-refractivity contribution in [2.45, 2.75) is 0 Å². The van der Waals surface area contributed by atoms with E-state index in [1.165, 1.54) is 0 Å². The quantitative estimate of drug-likeness (QED) is 0.296. The average Bonchev–Trinajstić information content (AvgIpc) is 1.92. The van der Waals surface area contributed by atoms with Crippen molar-refractivity contribution in [3.05, 3.63) is 0 Å². The van der Waals surface area contributed by atoms with Gasteiger partial charge in [0, 0.05) is 19.5 Å². The van der Waals surface area contributed by atoms with Crippen molar-refractivity contribution in [2.75, 3.05) is 0 Å². The third-order valence-electron chi connectivity index (χ3n) is 0. The van der Waals surface area contributed by atoms with Gasteiger partial charge in [0.2, 0.25) is 0 Å². The molecule has 0 aromatic heterocycles. The molecule has 0 amide bonds. The molecule has 0 aromatic carbocycles. The van der Waals surface area contributed by atoms with Crippen LogP contribution in [0.25, 0.3) is 0 Å². The predicted octanol–water partition coefficient (Wildman–Crippen LogP) is -1.56. The molecule has 0 fully saturated rings. The Hall–Kier alpha value is -1.50. The second kappa shape index (κ2) is 151. The van der Waals surface area contributed by atoms with Gasteiger partial charge >= 0.3 is 0 Å². The van der Waals surface area contributed by atoms with Crippen molar-refractivity contribution in [1.82, 2.24) is 0 Å². The first kappa shape index (κ1) is 30.0. The second-order valence-corrected chi connectivity index (χ2v) is 0.365. The normalized spacial score (nSPS) is 3.69. The Balaban J connectivity index is -0.0000000213. The van der Waals surface area contributed by atoms with Gasteiger partial charge in [0.25, 0.3) is 0 Å². The maximum atomic E-state index is 8.24. The van der Waals surface area contributed by atoms with Crippen LogP contribution in [0.15, 0.2) is 0 Å². The van der Waals surface area contributed by atoms with Crippen LogP contribution in [0.4, 0.5) is 0 Å². The van der Waals surface area contributed by atoms with E-state index >= 15 is 0 Å². The van der Waals surface area contributed by atoms with Crippen molar-refractivity contribution >= 4 is 25.9 Å². The van der Waals surface area contributed by atoms with E-state index in [0.29, 0.717) is 25.9 Å². The fourth-order valence-electron chi connectivity index (χ4n) is 0. The molecule has 13 heavy (non-hydrogen) atoms. The van der Waals surface area contributed by atoms with E-state index in [-0.39, 0.29) is 19.5 Å². The molecule has 0 aliphatic heterocycles. The third-order valence-corrected chi connectivity index (χ3v) is 0. The van der Waals surface area contributed by atoms with Crippen molar-refractivity contribution in [1.29, 1.82) is 0 Å². The Morgan fingerprint density at radius 2 is 0.538 bits per heavy atom. The summed E-state index contributed by atoms with van der Waals surface area (Å²) in [5.74, 6) is 0. The molecule has 74 valence electrons. The second-order valence-electron chi connectivity index (χ2n) is 0.365. The van der Waals surface area contributed by atoms with Crippen molar-refractivity contribution in [3.63, 3.8) is 0 Å². The van der Waals surface area contributed by atoms with Gasteiger partial charge in [0.15, 0.2) is 0 Å². The maximum absolute atomic E-state index is 8.24. The third kappa shape index (κ3) is 339. The fraction of sp³-hybridized carbons (Fsp3) is 0. The van der Waals surface area contributed by atoms with Gasteiger partial charge in [-0.15, -0.1) is 0 Å². The van der Waals surface area contributed by atoms with E-state index in [1.807, 2.05) is 0 Å². The molecule has 0 aromatic rings. The Morgan fingerprint density at radius 3 is 0.538 bits per heavy atom. The summed E-state index contributed by atoms with van der Waals surface area (Å²) >= 11 is 0. The molecule has 0 atom stereocenters. The first-order valence-electron chi connectivity index (χ1n) is 1.71. The van der Waals surface area contributed by atoms with E-state index in [9.17, 15) is 0 Å². The van der Waals surface area contributed by atoms with E-state index in [0.717, 1.165) is 0 Å². The van der Waals surface area contributed by atoms with E-state index in [2.05, 4.69) is 0 Å². The SMILES string of the molecule is O=[C-]O.O=[C-]O.O=[C-]O.O=[C-]O.[Zn]. The standard InChI is InChI=1S/4CHO2.Zn/c4*2-1-3;/h4*(H,2,3);/q4*-1;. The fourth-order valence-corrected chi connectivity index (χ4v) is 0. The molecule has 0 unspecified atom stereocenters. The van der Waals surface area contributed by atoms with Gasteiger partial charge in [-0.1, -0.05) is 25.9 Å². The van der Waals surface area contributed by atoms with Crippen LogP contribution in [-0.2, 0) is 38.7 Å². The van der Waals surface area contributed by atoms with Crippen LogP contribution in [0, 0.1) is 0 Å². The minimum absolute atomic E-state index is 0. The average molecular weight is 245 g/mol. The molecular formula is C4H4O8Zn-4. The maximum Gasteiger partial charge on any atom is 0 e. The zero-order valence-corrected chi connectivity index (χ0v) is 9.10. The minimum Gasteiger partial charge on any atom is -0.665 e. The largest absolute Gasteiger partial charge is 0.665 e. The van der Waals surface area contributed by atoms with Crippen LogP contribution in [0.2, 0.25) is 0 Å². The summed E-state index contributed by atoms with van der Waals surface area (Å²) in [6.45, 7) is 2.00. The molecular weight excluding hydrogens is 241 g/mol. The zero-order valence-electron chi connectivity index (χ0n) is 6.13. The zero-order chi connectivity index (χ0) is 10.8. The van der Waals surface area contributed by atoms with Gasteiger partial charge in [-0.25, -0.2) is 0 Å². The van der Waals surface area contributed by atoms with Gasteiger partial charge in [-0.2, -0.15) is 0 Å². The molecule has 0 rings (SSSR count). The molecule has 0 aliphatic rings. The van der Waals surface area contributed by atoms with Gasteiger partial charge in [-0.05, 0) is 0 Å². The van der Waals surface area contributed by atoms with Crippen LogP contribution < -0.4 is 0 Å². The van der Waals surface area contributed by atoms with Crippen LogP contribution >= 0.6 is 0 Å². The number of aliphatic hydroxyl groups excluding tert-OH is 4. The summed E-state index contributed by atoms with van der Waals surface area (Å²) in [7, 11) is 0. The van der Waals surface area contributed by atoms with Crippen molar-refractivity contribution in [3.8, 4) is 0 Å². The Bertz CT molecular complexity index is 70.1. The van der Waals surface area contributed by atoms with Gasteiger partial charge in [-0.3, -0.25) is 0 Å². The summed E-state index contributed by atoms with van der Waals surface area (Å²) in [4.78, 5) is 32.9. The van der Waals surface area contributed by atoms with Crippen molar-refractivity contribution in [2.24, 2.45) is 0 Å². The first-order chi connectivity index (χ1) is 5.66. The van der Waals surface area contributed by atoms with Gasteiger partial charge in [0.05, 0.1) is 0 Å². The van der Waals surface area contributed by atoms with Gasteiger partial charge < -0.3 is 39.6 Å². The monoisotopic (exact) mass is 244 g/mol. The molecule has 0 aliphatic carbocycles. The topological polar surface area (TPSA) is 149 Å². The number of hydrogen-bond acceptors (Lipinski definition) is 4. The van der Waals surface area contributed by atoms with E-state index in [1.54, 1.807) is 0 Å². The molecule has 8 nitrogen and oxygen atoms in total. The molecule has 0 radical (unpaired) electrons. The molecule has 0 saturated heterocycles. The summed E-state index contributed by atoms with van der Waals surface area (Å²) in [5.41, 5.74) is 0. The summed E-state index contributed by atoms with van der Waals surface area (Å²) in [6, 6.07) is 0. The molecule has 0 bridgehead atoms. The Kier molecular flexibility index (Phi) is 349. The van der Waals surface area contributed by atoms with E-state index in [4.69, 9.17) is 39.6 Å². The first-order valence-corrected chi connectivity index (χ1v) is 1.71. The van der Waals surface area contributed by atoms with Crippen LogP contribution in [0.5, 0.6) is 0 Å². The van der Waals surface area contributed by atoms with Crippen LogP contribution in [-0.4, -0.2) is 46.3 Å². The Morgan fingerprint density at radius 1 is 0.538 bits per heavy atom. The molecule has 4 N–H and O–H groups in total. The molecule has 0 saturated carbocycles. The van der Waals surface area contributed by atoms with Crippen LogP contribution in [0.1, 0.15) is 0 Å². The summed E-state index contributed by atoms with van der Waals surface area (Å²) in [6.07, 6.45) is 0. The Labute approximate surface area is 85.6 Å². The number of rotatable bonds is 0. The van der Waals surface area contributed by atoms with Crippen LogP contribution in [0.3, 0.4) is 0 Å².